The molecule has 3 heterocycles. The molecule has 0 saturated carbocycles. The van der Waals surface area contributed by atoms with Gasteiger partial charge in [-0.05, 0) is 37.6 Å². The van der Waals surface area contributed by atoms with E-state index < -0.39 is 5.82 Å². The number of aromatic hydroxyl groups is 1. The molecule has 176 valence electrons. The molecule has 1 fully saturated rings. The third kappa shape index (κ3) is 3.83. The second kappa shape index (κ2) is 9.09. The van der Waals surface area contributed by atoms with E-state index in [1.165, 1.54) is 29.2 Å². The van der Waals surface area contributed by atoms with Gasteiger partial charge in [0.2, 0.25) is 12.3 Å². The number of rotatable bonds is 5. The molecular formula is C25H26FN5O3. The molecule has 0 bridgehead atoms. The number of amides is 2. The Bertz CT molecular complexity index is 1280. The maximum Gasteiger partial charge on any atom is 0.246 e. The number of phenols is 1. The first-order valence-electron chi connectivity index (χ1n) is 10.9. The molecule has 1 aliphatic rings. The number of carbonyl (C=O) groups excluding carboxylic acids is 2. The number of halogens is 1. The Balaban J connectivity index is 1.91. The van der Waals surface area contributed by atoms with Gasteiger partial charge in [-0.1, -0.05) is 12.6 Å². The fourth-order valence-electron chi connectivity index (χ4n) is 4.51. The van der Waals surface area contributed by atoms with Crippen molar-refractivity contribution in [3.05, 3.63) is 54.1 Å². The van der Waals surface area contributed by atoms with Gasteiger partial charge in [-0.3, -0.25) is 14.6 Å². The molecule has 1 N–H and O–H groups in total. The zero-order valence-corrected chi connectivity index (χ0v) is 19.4. The summed E-state index contributed by atoms with van der Waals surface area (Å²) in [6.07, 6.45) is 3.61. The van der Waals surface area contributed by atoms with Crippen molar-refractivity contribution in [1.29, 1.82) is 0 Å². The normalized spacial score (nSPS) is 13.8. The summed E-state index contributed by atoms with van der Waals surface area (Å²) < 4.78 is 14.7. The van der Waals surface area contributed by atoms with Gasteiger partial charge >= 0.3 is 0 Å². The Kier molecular flexibility index (Phi) is 6.19. The van der Waals surface area contributed by atoms with E-state index in [-0.39, 0.29) is 17.2 Å². The van der Waals surface area contributed by atoms with Gasteiger partial charge in [0, 0.05) is 44.5 Å². The van der Waals surface area contributed by atoms with Gasteiger partial charge in [0.1, 0.15) is 17.1 Å². The van der Waals surface area contributed by atoms with E-state index >= 15 is 0 Å². The monoisotopic (exact) mass is 463 g/mol. The molecule has 0 atom stereocenters. The number of pyridine rings is 2. The van der Waals surface area contributed by atoms with Crippen molar-refractivity contribution in [2.75, 3.05) is 43.0 Å². The highest BCUT2D eigenvalue weighted by atomic mass is 19.1. The third-order valence-corrected chi connectivity index (χ3v) is 6.24. The molecule has 34 heavy (non-hydrogen) atoms. The summed E-state index contributed by atoms with van der Waals surface area (Å²) in [5, 5.41) is 10.4. The number of aryl methyl sites for hydroxylation is 2. The van der Waals surface area contributed by atoms with Crippen LogP contribution in [0.2, 0.25) is 0 Å². The summed E-state index contributed by atoms with van der Waals surface area (Å²) in [6.45, 7) is 9.20. The minimum atomic E-state index is -0.548. The van der Waals surface area contributed by atoms with Crippen molar-refractivity contribution in [3.63, 3.8) is 0 Å². The number of phenolic OH excluding ortho intramolecular Hbond substituents is 1. The molecule has 4 rings (SSSR count). The highest BCUT2D eigenvalue weighted by Crippen LogP contribution is 2.41. The maximum atomic E-state index is 14.7. The summed E-state index contributed by atoms with van der Waals surface area (Å²) in [6, 6.07) is 4.18. The van der Waals surface area contributed by atoms with Crippen molar-refractivity contribution in [2.24, 2.45) is 0 Å². The molecule has 0 unspecified atom stereocenters. The molecule has 1 aromatic carbocycles. The van der Waals surface area contributed by atoms with Crippen LogP contribution >= 0.6 is 0 Å². The van der Waals surface area contributed by atoms with Gasteiger partial charge in [0.05, 0.1) is 28.7 Å². The van der Waals surface area contributed by atoms with Crippen LogP contribution < -0.4 is 9.80 Å². The minimum Gasteiger partial charge on any atom is -0.507 e. The Labute approximate surface area is 196 Å². The fourth-order valence-corrected chi connectivity index (χ4v) is 4.51. The Morgan fingerprint density at radius 3 is 2.50 bits per heavy atom. The van der Waals surface area contributed by atoms with Crippen LogP contribution in [0.15, 0.2) is 37.1 Å². The van der Waals surface area contributed by atoms with Crippen molar-refractivity contribution in [3.8, 4) is 16.9 Å². The van der Waals surface area contributed by atoms with Crippen molar-refractivity contribution >= 4 is 34.7 Å². The zero-order chi connectivity index (χ0) is 24.6. The molecule has 2 aromatic heterocycles. The molecule has 8 nitrogen and oxygen atoms in total. The predicted octanol–water partition coefficient (Wildman–Crippen LogP) is 3.19. The van der Waals surface area contributed by atoms with E-state index in [4.69, 9.17) is 4.98 Å². The second-order valence-corrected chi connectivity index (χ2v) is 8.25. The quantitative estimate of drug-likeness (QED) is 0.462. The van der Waals surface area contributed by atoms with E-state index in [1.54, 1.807) is 25.1 Å². The second-order valence-electron chi connectivity index (χ2n) is 8.25. The number of anilines is 2. The first kappa shape index (κ1) is 23.2. The number of piperazine rings is 1. The molecular weight excluding hydrogens is 437 g/mol. The Morgan fingerprint density at radius 1 is 1.18 bits per heavy atom. The van der Waals surface area contributed by atoms with Gasteiger partial charge in [-0.15, -0.1) is 0 Å². The van der Waals surface area contributed by atoms with Crippen LogP contribution in [0.4, 0.5) is 15.8 Å². The van der Waals surface area contributed by atoms with Crippen LogP contribution in [0, 0.1) is 19.7 Å². The van der Waals surface area contributed by atoms with Gasteiger partial charge < -0.3 is 19.8 Å². The van der Waals surface area contributed by atoms with Crippen LogP contribution in [0.1, 0.15) is 11.3 Å². The molecule has 1 saturated heterocycles. The number of benzene rings is 1. The number of hydrogen-bond donors (Lipinski definition) is 1. The SMILES string of the molecule is C=CC(=O)N1CCN(c2c(N(C)C=O)cnc3c(C)c(-c4c(O)cccc4F)c(C)nc23)CC1. The van der Waals surface area contributed by atoms with Crippen LogP contribution in [0.3, 0.4) is 0 Å². The summed E-state index contributed by atoms with van der Waals surface area (Å²) in [4.78, 5) is 38.3. The van der Waals surface area contributed by atoms with Crippen molar-refractivity contribution < 1.29 is 19.1 Å². The lowest BCUT2D eigenvalue weighted by molar-refractivity contribution is -0.126. The first-order chi connectivity index (χ1) is 16.3. The highest BCUT2D eigenvalue weighted by Gasteiger charge is 2.27. The average molecular weight is 464 g/mol. The Hall–Kier alpha value is -4.01. The van der Waals surface area contributed by atoms with Gasteiger partial charge in [-0.25, -0.2) is 9.37 Å². The van der Waals surface area contributed by atoms with Crippen LogP contribution in [-0.4, -0.2) is 65.5 Å². The lowest BCUT2D eigenvalue weighted by Crippen LogP contribution is -2.48. The van der Waals surface area contributed by atoms with Crippen molar-refractivity contribution in [2.45, 2.75) is 13.8 Å². The summed E-state index contributed by atoms with van der Waals surface area (Å²) in [7, 11) is 1.64. The van der Waals surface area contributed by atoms with E-state index in [9.17, 15) is 19.1 Å². The van der Waals surface area contributed by atoms with Gasteiger partial charge in [0.25, 0.3) is 0 Å². The predicted molar refractivity (Wildman–Crippen MR) is 130 cm³/mol. The molecule has 0 spiro atoms. The highest BCUT2D eigenvalue weighted by molar-refractivity contribution is 6.02. The molecule has 9 heteroatoms. The van der Waals surface area contributed by atoms with E-state index in [0.717, 1.165) is 5.69 Å². The minimum absolute atomic E-state index is 0.0842. The number of nitrogens with zero attached hydrogens (tertiary/aromatic N) is 5. The molecule has 0 radical (unpaired) electrons. The lowest BCUT2D eigenvalue weighted by atomic mass is 9.96. The standard InChI is InChI=1S/C25H26FN5O3/c1-5-20(34)30-9-11-31(12-10-30)25-18(29(4)14-32)13-27-23-15(2)21(16(3)28-24(23)25)22-17(26)7-6-8-19(22)33/h5-8,13-14,33H,1,9-12H2,2-4H3. The van der Waals surface area contributed by atoms with E-state index in [2.05, 4.69) is 16.5 Å². The summed E-state index contributed by atoms with van der Waals surface area (Å²) in [5.74, 6) is -0.843. The molecule has 1 aliphatic heterocycles. The molecule has 3 aromatic rings. The summed E-state index contributed by atoms with van der Waals surface area (Å²) >= 11 is 0. The van der Waals surface area contributed by atoms with E-state index in [0.29, 0.717) is 66.1 Å². The number of fused-ring (bicyclic) bond motifs is 1. The van der Waals surface area contributed by atoms with Crippen molar-refractivity contribution in [1.82, 2.24) is 14.9 Å². The van der Waals surface area contributed by atoms with Gasteiger partial charge in [0.15, 0.2) is 0 Å². The molecule has 0 aliphatic carbocycles. The maximum absolute atomic E-state index is 14.7. The average Bonchev–Trinajstić information content (AvgIpc) is 2.84. The topological polar surface area (TPSA) is 89.9 Å². The number of hydrogen-bond acceptors (Lipinski definition) is 6. The Morgan fingerprint density at radius 2 is 1.88 bits per heavy atom. The van der Waals surface area contributed by atoms with Crippen LogP contribution in [0.5, 0.6) is 5.75 Å². The number of aromatic nitrogens is 2. The first-order valence-corrected chi connectivity index (χ1v) is 10.9. The molecule has 2 amide bonds. The largest absolute Gasteiger partial charge is 0.507 e. The summed E-state index contributed by atoms with van der Waals surface area (Å²) in [5.41, 5.74) is 4.19. The van der Waals surface area contributed by atoms with E-state index in [1.807, 2.05) is 6.92 Å². The van der Waals surface area contributed by atoms with Gasteiger partial charge in [-0.2, -0.15) is 0 Å². The van der Waals surface area contributed by atoms with Crippen LogP contribution in [-0.2, 0) is 9.59 Å². The fraction of sp³-hybridized carbons (Fsp3) is 0.280. The number of carbonyl (C=O) groups is 2. The smallest absolute Gasteiger partial charge is 0.246 e. The third-order valence-electron chi connectivity index (χ3n) is 6.24. The zero-order valence-electron chi connectivity index (χ0n) is 19.4. The van der Waals surface area contributed by atoms with Crippen LogP contribution in [0.25, 0.3) is 22.2 Å². The lowest BCUT2D eigenvalue weighted by Gasteiger charge is -2.37.